The first kappa shape index (κ1) is 11.9. The smallest absolute Gasteiger partial charge is 0.277 e. The number of ether oxygens (including phenoxy) is 1. The molecule has 1 heterocycles. The quantitative estimate of drug-likeness (QED) is 0.517. The molecule has 0 aromatic rings. The molecule has 15 heavy (non-hydrogen) atoms. The summed E-state index contributed by atoms with van der Waals surface area (Å²) in [6.07, 6.45) is 4.77. The van der Waals surface area contributed by atoms with Crippen LogP contribution in [0.4, 0.5) is 0 Å². The third-order valence-electron chi connectivity index (χ3n) is 2.27. The Morgan fingerprint density at radius 3 is 2.73 bits per heavy atom. The average Bonchev–Trinajstić information content (AvgIpc) is 2.41. The maximum atomic E-state index is 11.5. The highest BCUT2D eigenvalue weighted by atomic mass is 16.5. The molecule has 1 aliphatic heterocycles. The Bertz CT molecular complexity index is 297. The van der Waals surface area contributed by atoms with Gasteiger partial charge in [-0.1, -0.05) is 19.8 Å². The first-order valence-corrected chi connectivity index (χ1v) is 5.39. The lowest BCUT2D eigenvalue weighted by Gasteiger charge is -2.16. The molecular weight excluding hydrogens is 192 g/mol. The van der Waals surface area contributed by atoms with Crippen molar-refractivity contribution >= 4 is 5.78 Å². The summed E-state index contributed by atoms with van der Waals surface area (Å²) in [4.78, 5) is 11.5. The number of nitrogens with zero attached hydrogens (tertiary/aromatic N) is 2. The van der Waals surface area contributed by atoms with Gasteiger partial charge in [-0.25, -0.2) is 0 Å². The number of allylic oxidation sites excluding steroid dienone is 1. The van der Waals surface area contributed by atoms with Gasteiger partial charge in [0.1, 0.15) is 5.76 Å². The summed E-state index contributed by atoms with van der Waals surface area (Å²) in [6, 6.07) is 0. The van der Waals surface area contributed by atoms with E-state index in [2.05, 4.69) is 17.2 Å². The zero-order chi connectivity index (χ0) is 11.3. The third-order valence-corrected chi connectivity index (χ3v) is 2.27. The highest BCUT2D eigenvalue weighted by Crippen LogP contribution is 2.26. The van der Waals surface area contributed by atoms with Crippen molar-refractivity contribution in [3.8, 4) is 0 Å². The van der Waals surface area contributed by atoms with Gasteiger partial charge in [0.05, 0.1) is 6.54 Å². The van der Waals surface area contributed by atoms with Gasteiger partial charge in [0, 0.05) is 13.0 Å². The molecule has 1 rings (SSSR count). The van der Waals surface area contributed by atoms with Crippen LogP contribution in [0, 0.1) is 0 Å². The van der Waals surface area contributed by atoms with Gasteiger partial charge >= 0.3 is 0 Å². The van der Waals surface area contributed by atoms with E-state index in [0.717, 1.165) is 19.3 Å². The Kier molecular flexibility index (Phi) is 4.00. The lowest BCUT2D eigenvalue weighted by atomic mass is 10.2. The monoisotopic (exact) mass is 210 g/mol. The minimum absolute atomic E-state index is 0.126. The van der Waals surface area contributed by atoms with E-state index in [9.17, 15) is 4.79 Å². The van der Waals surface area contributed by atoms with E-state index in [1.165, 1.54) is 6.08 Å². The van der Waals surface area contributed by atoms with Crippen LogP contribution < -0.4 is 0 Å². The lowest BCUT2D eigenvalue weighted by molar-refractivity contribution is -0.128. The second-order valence-corrected chi connectivity index (χ2v) is 3.88. The highest BCUT2D eigenvalue weighted by molar-refractivity contribution is 5.98. The van der Waals surface area contributed by atoms with Gasteiger partial charge in [0.15, 0.2) is 0 Å². The fourth-order valence-corrected chi connectivity index (χ4v) is 1.40. The fraction of sp³-hybridized carbons (Fsp3) is 0.727. The molecule has 0 fully saturated rings. The maximum absolute atomic E-state index is 11.5. The van der Waals surface area contributed by atoms with Crippen LogP contribution in [0.3, 0.4) is 0 Å². The molecule has 0 amide bonds. The number of carbonyl (C=O) groups is 1. The normalized spacial score (nSPS) is 25.8. The van der Waals surface area contributed by atoms with Crippen LogP contribution in [-0.2, 0) is 9.53 Å². The Morgan fingerprint density at radius 1 is 1.47 bits per heavy atom. The van der Waals surface area contributed by atoms with Crippen molar-refractivity contribution in [2.45, 2.75) is 45.8 Å². The number of carbonyl (C=O) groups excluding carboxylic acids is 1. The molecule has 0 aliphatic carbocycles. The van der Waals surface area contributed by atoms with Crippen LogP contribution in [0.25, 0.3) is 0 Å². The average molecular weight is 210 g/mol. The molecule has 0 N–H and O–H groups in total. The minimum atomic E-state index is -1.10. The number of hydrogen-bond acceptors (Lipinski definition) is 4. The number of unbranched alkanes of at least 4 members (excludes halogenated alkanes) is 2. The number of ketones is 1. The first-order valence-electron chi connectivity index (χ1n) is 5.39. The van der Waals surface area contributed by atoms with Gasteiger partial charge in [-0.05, 0) is 13.3 Å². The molecule has 0 saturated carbocycles. The predicted molar refractivity (Wildman–Crippen MR) is 57.5 cm³/mol. The van der Waals surface area contributed by atoms with Crippen LogP contribution in [0.5, 0.6) is 0 Å². The van der Waals surface area contributed by atoms with E-state index in [1.54, 1.807) is 13.8 Å². The lowest BCUT2D eigenvalue weighted by Crippen LogP contribution is -2.29. The molecule has 1 unspecified atom stereocenters. The zero-order valence-electron chi connectivity index (χ0n) is 9.62. The Balaban J connectivity index is 2.41. The Hall–Kier alpha value is -1.19. The largest absolute Gasteiger partial charge is 0.462 e. The molecule has 84 valence electrons. The predicted octanol–water partition coefficient (Wildman–Crippen LogP) is 2.85. The van der Waals surface area contributed by atoms with E-state index >= 15 is 0 Å². The van der Waals surface area contributed by atoms with Crippen LogP contribution in [0.15, 0.2) is 22.1 Å². The van der Waals surface area contributed by atoms with Gasteiger partial charge in [0.2, 0.25) is 5.78 Å². The van der Waals surface area contributed by atoms with E-state index in [4.69, 9.17) is 4.74 Å². The topological polar surface area (TPSA) is 51.0 Å². The number of rotatable bonds is 5. The molecule has 4 heteroatoms. The van der Waals surface area contributed by atoms with Gasteiger partial charge in [-0.2, -0.15) is 5.11 Å². The summed E-state index contributed by atoms with van der Waals surface area (Å²) in [5.74, 6) is 0.481. The Morgan fingerprint density at radius 2 is 2.20 bits per heavy atom. The summed E-state index contributed by atoms with van der Waals surface area (Å²) in [6.45, 7) is 6.19. The van der Waals surface area contributed by atoms with Crippen molar-refractivity contribution in [2.24, 2.45) is 10.2 Å². The van der Waals surface area contributed by atoms with Gasteiger partial charge in [0.25, 0.3) is 5.72 Å². The summed E-state index contributed by atoms with van der Waals surface area (Å²) in [5.41, 5.74) is -1.10. The molecule has 0 aromatic carbocycles. The van der Waals surface area contributed by atoms with Crippen molar-refractivity contribution in [3.05, 3.63) is 11.8 Å². The molecule has 1 atom stereocenters. The molecular formula is C11H18N2O2. The van der Waals surface area contributed by atoms with Gasteiger partial charge < -0.3 is 4.74 Å². The van der Waals surface area contributed by atoms with Crippen molar-refractivity contribution < 1.29 is 9.53 Å². The molecule has 4 nitrogen and oxygen atoms in total. The summed E-state index contributed by atoms with van der Waals surface area (Å²) < 4.78 is 5.32. The third kappa shape index (κ3) is 3.15. The van der Waals surface area contributed by atoms with E-state index in [-0.39, 0.29) is 5.78 Å². The first-order chi connectivity index (χ1) is 7.08. The van der Waals surface area contributed by atoms with Crippen LogP contribution >= 0.6 is 0 Å². The molecule has 0 aromatic heterocycles. The van der Waals surface area contributed by atoms with E-state index in [0.29, 0.717) is 12.3 Å². The van der Waals surface area contributed by atoms with Crippen molar-refractivity contribution in [2.75, 3.05) is 6.54 Å². The minimum Gasteiger partial charge on any atom is -0.462 e. The summed E-state index contributed by atoms with van der Waals surface area (Å²) in [5, 5.41) is 7.95. The second-order valence-electron chi connectivity index (χ2n) is 3.88. The number of hydrogen-bond donors (Lipinski definition) is 0. The molecule has 0 bridgehead atoms. The fourth-order valence-electron chi connectivity index (χ4n) is 1.40. The van der Waals surface area contributed by atoms with Gasteiger partial charge in [-0.15, -0.1) is 5.11 Å². The van der Waals surface area contributed by atoms with Crippen molar-refractivity contribution in [1.29, 1.82) is 0 Å². The Labute approximate surface area is 90.4 Å². The van der Waals surface area contributed by atoms with Crippen LogP contribution in [-0.4, -0.2) is 18.1 Å². The molecule has 0 spiro atoms. The number of azo groups is 1. The van der Waals surface area contributed by atoms with Crippen molar-refractivity contribution in [1.82, 2.24) is 0 Å². The zero-order valence-corrected chi connectivity index (χ0v) is 9.62. The highest BCUT2D eigenvalue weighted by Gasteiger charge is 2.39. The van der Waals surface area contributed by atoms with E-state index < -0.39 is 5.72 Å². The van der Waals surface area contributed by atoms with Gasteiger partial charge in [-0.3, -0.25) is 4.79 Å². The molecule has 1 aliphatic rings. The van der Waals surface area contributed by atoms with Crippen molar-refractivity contribution in [3.63, 3.8) is 0 Å². The second kappa shape index (κ2) is 5.05. The summed E-state index contributed by atoms with van der Waals surface area (Å²) >= 11 is 0. The summed E-state index contributed by atoms with van der Waals surface area (Å²) in [7, 11) is 0. The maximum Gasteiger partial charge on any atom is 0.277 e. The standard InChI is InChI=1S/C11H18N2O2/c1-4-5-6-7-12-13-11(3)10(14)8-9(2)15-11/h8H,4-7H2,1-3H3/b13-12+. The van der Waals surface area contributed by atoms with Crippen LogP contribution in [0.1, 0.15) is 40.0 Å². The van der Waals surface area contributed by atoms with Crippen LogP contribution in [0.2, 0.25) is 0 Å². The van der Waals surface area contributed by atoms with E-state index in [1.807, 2.05) is 0 Å². The molecule has 0 saturated heterocycles. The SMILES string of the molecule is CCCCC/N=N/C1(C)OC(C)=CC1=O. The molecule has 0 radical (unpaired) electrons.